The fourth-order valence-electron chi connectivity index (χ4n) is 3.08. The van der Waals surface area contributed by atoms with Crippen molar-refractivity contribution < 1.29 is 14.3 Å². The van der Waals surface area contributed by atoms with E-state index >= 15 is 0 Å². The molecule has 0 radical (unpaired) electrons. The van der Waals surface area contributed by atoms with Crippen molar-refractivity contribution >= 4 is 28.8 Å². The Kier molecular flexibility index (Phi) is 5.53. The molecule has 4 aromatic rings. The Morgan fingerprint density at radius 2 is 1.69 bits per heavy atom. The summed E-state index contributed by atoms with van der Waals surface area (Å²) in [6.45, 7) is 0. The summed E-state index contributed by atoms with van der Waals surface area (Å²) in [6, 6.07) is 23.5. The number of imidazole rings is 1. The van der Waals surface area contributed by atoms with Gasteiger partial charge >= 0.3 is 5.97 Å². The van der Waals surface area contributed by atoms with Gasteiger partial charge < -0.3 is 9.47 Å². The van der Waals surface area contributed by atoms with E-state index in [0.29, 0.717) is 5.56 Å². The molecule has 0 saturated carbocycles. The number of aromatic nitrogens is 2. The summed E-state index contributed by atoms with van der Waals surface area (Å²) in [5.41, 5.74) is 4.69. The van der Waals surface area contributed by atoms with Gasteiger partial charge in [0, 0.05) is 11.4 Å². The molecule has 1 heterocycles. The highest BCUT2D eigenvalue weighted by atomic mass is 32.2. The molecule has 0 N–H and O–H groups in total. The van der Waals surface area contributed by atoms with Crippen molar-refractivity contribution in [2.45, 2.75) is 10.9 Å². The van der Waals surface area contributed by atoms with E-state index in [1.54, 1.807) is 31.0 Å². The summed E-state index contributed by atoms with van der Waals surface area (Å²) >= 11 is 1.66. The third kappa shape index (κ3) is 3.98. The largest absolute Gasteiger partial charge is 0.497 e. The predicted molar refractivity (Wildman–Crippen MR) is 115 cm³/mol. The quantitative estimate of drug-likeness (QED) is 0.330. The second-order valence-electron chi connectivity index (χ2n) is 6.39. The lowest BCUT2D eigenvalue weighted by Crippen LogP contribution is -2.00. The number of hydrogen-bond acceptors (Lipinski definition) is 5. The summed E-state index contributed by atoms with van der Waals surface area (Å²) in [4.78, 5) is 16.4. The van der Waals surface area contributed by atoms with Crippen LogP contribution in [-0.4, -0.2) is 29.7 Å². The van der Waals surface area contributed by atoms with Crippen LogP contribution in [0.3, 0.4) is 0 Å². The number of fused-ring (bicyclic) bond motifs is 1. The number of esters is 1. The molecule has 0 aliphatic carbocycles. The Balaban J connectivity index is 1.64. The molecule has 1 aromatic heterocycles. The smallest absolute Gasteiger partial charge is 0.337 e. The van der Waals surface area contributed by atoms with Crippen molar-refractivity contribution in [1.29, 1.82) is 0 Å². The molecular formula is C23H20N2O3S. The van der Waals surface area contributed by atoms with Crippen LogP contribution in [0.25, 0.3) is 16.7 Å². The number of nitrogens with zero attached hydrogens (tertiary/aromatic N) is 2. The Labute approximate surface area is 173 Å². The van der Waals surface area contributed by atoms with Crippen molar-refractivity contribution in [3.05, 3.63) is 83.9 Å². The summed E-state index contributed by atoms with van der Waals surface area (Å²) in [6.07, 6.45) is 0. The number of ether oxygens (including phenoxy) is 2. The summed E-state index contributed by atoms with van der Waals surface area (Å²) in [5.74, 6) is 1.23. The molecule has 146 valence electrons. The highest BCUT2D eigenvalue weighted by Gasteiger charge is 2.13. The molecule has 0 aliphatic rings. The number of methoxy groups -OCH3 is 2. The van der Waals surface area contributed by atoms with Crippen LogP contribution < -0.4 is 4.74 Å². The lowest BCUT2D eigenvalue weighted by Gasteiger charge is -2.10. The SMILES string of the molecule is COC(=O)c1ccc(CSc2nc3ccccc3n2-c2ccc(OC)cc2)cc1. The summed E-state index contributed by atoms with van der Waals surface area (Å²) in [7, 11) is 3.05. The van der Waals surface area contributed by atoms with Crippen LogP contribution in [0.4, 0.5) is 0 Å². The van der Waals surface area contributed by atoms with E-state index in [9.17, 15) is 4.79 Å². The molecule has 0 spiro atoms. The third-order valence-electron chi connectivity index (χ3n) is 4.60. The van der Waals surface area contributed by atoms with Gasteiger partial charge in [0.05, 0.1) is 30.8 Å². The minimum atomic E-state index is -0.328. The Hall–Kier alpha value is -3.25. The van der Waals surface area contributed by atoms with Gasteiger partial charge in [0.1, 0.15) is 5.75 Å². The van der Waals surface area contributed by atoms with E-state index in [1.807, 2.05) is 54.6 Å². The molecule has 0 bridgehead atoms. The molecule has 0 atom stereocenters. The normalized spacial score (nSPS) is 10.8. The fourth-order valence-corrected chi connectivity index (χ4v) is 4.07. The topological polar surface area (TPSA) is 53.3 Å². The van der Waals surface area contributed by atoms with Crippen molar-refractivity contribution in [3.63, 3.8) is 0 Å². The molecule has 4 rings (SSSR count). The van der Waals surface area contributed by atoms with Gasteiger partial charge in [-0.25, -0.2) is 9.78 Å². The van der Waals surface area contributed by atoms with E-state index < -0.39 is 0 Å². The van der Waals surface area contributed by atoms with E-state index in [0.717, 1.165) is 38.9 Å². The van der Waals surface area contributed by atoms with Crippen LogP contribution in [0.5, 0.6) is 5.75 Å². The second kappa shape index (κ2) is 8.41. The standard InChI is InChI=1S/C23H20N2O3S/c1-27-19-13-11-18(12-14-19)25-21-6-4-3-5-20(21)24-23(25)29-15-16-7-9-17(10-8-16)22(26)28-2/h3-14H,15H2,1-2H3. The average Bonchev–Trinajstić information content (AvgIpc) is 3.16. The number of carbonyl (C=O) groups excluding carboxylic acids is 1. The van der Waals surface area contributed by atoms with Gasteiger partial charge in [-0.3, -0.25) is 4.57 Å². The highest BCUT2D eigenvalue weighted by molar-refractivity contribution is 7.98. The summed E-state index contributed by atoms with van der Waals surface area (Å²) < 4.78 is 12.2. The maximum absolute atomic E-state index is 11.6. The lowest BCUT2D eigenvalue weighted by molar-refractivity contribution is 0.0600. The Bertz CT molecular complexity index is 1140. The van der Waals surface area contributed by atoms with Crippen molar-refractivity contribution in [1.82, 2.24) is 9.55 Å². The first-order valence-corrected chi connectivity index (χ1v) is 10.1. The molecule has 0 fully saturated rings. The van der Waals surface area contributed by atoms with Crippen LogP contribution in [0.1, 0.15) is 15.9 Å². The van der Waals surface area contributed by atoms with Crippen LogP contribution in [0.2, 0.25) is 0 Å². The predicted octanol–water partition coefficient (Wildman–Crippen LogP) is 5.11. The van der Waals surface area contributed by atoms with Crippen molar-refractivity contribution in [2.24, 2.45) is 0 Å². The van der Waals surface area contributed by atoms with Crippen LogP contribution in [0.15, 0.2) is 78.0 Å². The molecule has 5 nitrogen and oxygen atoms in total. The molecule has 0 saturated heterocycles. The van der Waals surface area contributed by atoms with Crippen LogP contribution in [0, 0.1) is 0 Å². The van der Waals surface area contributed by atoms with E-state index in [-0.39, 0.29) is 5.97 Å². The maximum atomic E-state index is 11.6. The third-order valence-corrected chi connectivity index (χ3v) is 5.61. The molecule has 0 amide bonds. The Morgan fingerprint density at radius 3 is 2.38 bits per heavy atom. The van der Waals surface area contributed by atoms with Gasteiger partial charge in [0.15, 0.2) is 5.16 Å². The number of carbonyl (C=O) groups is 1. The van der Waals surface area contributed by atoms with Gasteiger partial charge in [-0.2, -0.15) is 0 Å². The monoisotopic (exact) mass is 404 g/mol. The van der Waals surface area contributed by atoms with E-state index in [1.165, 1.54) is 7.11 Å². The van der Waals surface area contributed by atoms with E-state index in [2.05, 4.69) is 10.6 Å². The molecule has 0 unspecified atom stereocenters. The lowest BCUT2D eigenvalue weighted by atomic mass is 10.1. The zero-order chi connectivity index (χ0) is 20.2. The molecule has 6 heteroatoms. The number of para-hydroxylation sites is 2. The minimum absolute atomic E-state index is 0.328. The average molecular weight is 404 g/mol. The van der Waals surface area contributed by atoms with Gasteiger partial charge in [0.25, 0.3) is 0 Å². The first-order valence-electron chi connectivity index (χ1n) is 9.11. The summed E-state index contributed by atoms with van der Waals surface area (Å²) in [5, 5.41) is 0.911. The highest BCUT2D eigenvalue weighted by Crippen LogP contribution is 2.30. The van der Waals surface area contributed by atoms with Gasteiger partial charge in [-0.05, 0) is 54.1 Å². The van der Waals surface area contributed by atoms with Crippen LogP contribution >= 0.6 is 11.8 Å². The van der Waals surface area contributed by atoms with Crippen molar-refractivity contribution in [3.8, 4) is 11.4 Å². The van der Waals surface area contributed by atoms with Crippen LogP contribution in [-0.2, 0) is 10.5 Å². The fraction of sp³-hybridized carbons (Fsp3) is 0.130. The minimum Gasteiger partial charge on any atom is -0.497 e. The zero-order valence-corrected chi connectivity index (χ0v) is 17.0. The first-order chi connectivity index (χ1) is 14.2. The number of rotatable bonds is 6. The molecule has 3 aromatic carbocycles. The van der Waals surface area contributed by atoms with Gasteiger partial charge in [0.2, 0.25) is 0 Å². The van der Waals surface area contributed by atoms with Gasteiger partial charge in [-0.15, -0.1) is 0 Å². The number of benzene rings is 3. The van der Waals surface area contributed by atoms with E-state index in [4.69, 9.17) is 14.5 Å². The van der Waals surface area contributed by atoms with Crippen molar-refractivity contribution in [2.75, 3.05) is 14.2 Å². The number of hydrogen-bond donors (Lipinski definition) is 0. The molecular weight excluding hydrogens is 384 g/mol. The molecule has 29 heavy (non-hydrogen) atoms. The van der Waals surface area contributed by atoms with Gasteiger partial charge in [-0.1, -0.05) is 36.0 Å². The second-order valence-corrected chi connectivity index (χ2v) is 7.34. The maximum Gasteiger partial charge on any atom is 0.337 e. The molecule has 0 aliphatic heterocycles. The Morgan fingerprint density at radius 1 is 0.966 bits per heavy atom. The number of thioether (sulfide) groups is 1. The zero-order valence-electron chi connectivity index (χ0n) is 16.2. The first kappa shape index (κ1) is 19.1.